The summed E-state index contributed by atoms with van der Waals surface area (Å²) in [5.41, 5.74) is 3.67. The van der Waals surface area contributed by atoms with Crippen LogP contribution in [0.2, 0.25) is 0 Å². The molecule has 1 aliphatic carbocycles. The number of carbonyl (C=O) groups is 1. The Kier molecular flexibility index (Phi) is 5.43. The third kappa shape index (κ3) is 4.66. The van der Waals surface area contributed by atoms with E-state index in [0.717, 1.165) is 31.4 Å². The van der Waals surface area contributed by atoms with Gasteiger partial charge in [0.05, 0.1) is 4.92 Å². The summed E-state index contributed by atoms with van der Waals surface area (Å²) in [7, 11) is 0. The summed E-state index contributed by atoms with van der Waals surface area (Å²) in [5.74, 6) is -0.409. The Labute approximate surface area is 123 Å². The van der Waals surface area contributed by atoms with Crippen molar-refractivity contribution in [3.8, 4) is 0 Å². The molecular weight excluding hydrogens is 270 g/mol. The number of amides is 1. The Morgan fingerprint density at radius 3 is 2.48 bits per heavy atom. The van der Waals surface area contributed by atoms with Crippen LogP contribution in [0.5, 0.6) is 0 Å². The van der Waals surface area contributed by atoms with Gasteiger partial charge in [0.25, 0.3) is 11.6 Å². The average Bonchev–Trinajstić information content (AvgIpc) is 2.46. The lowest BCUT2D eigenvalue weighted by atomic mass is 9.99. The number of non-ortho nitro benzene ring substituents is 1. The van der Waals surface area contributed by atoms with E-state index < -0.39 is 10.8 Å². The van der Waals surface area contributed by atoms with Crippen LogP contribution in [-0.2, 0) is 0 Å². The maximum Gasteiger partial charge on any atom is 0.271 e. The molecule has 0 aromatic heterocycles. The van der Waals surface area contributed by atoms with E-state index in [1.165, 1.54) is 37.5 Å². The molecule has 0 unspecified atom stereocenters. The summed E-state index contributed by atoms with van der Waals surface area (Å²) in [4.78, 5) is 22.2. The molecule has 0 bridgehead atoms. The Hall–Kier alpha value is -2.24. The predicted molar refractivity (Wildman–Crippen MR) is 80.3 cm³/mol. The van der Waals surface area contributed by atoms with Crippen molar-refractivity contribution >= 4 is 17.3 Å². The molecule has 0 heterocycles. The molecule has 1 amide bonds. The van der Waals surface area contributed by atoms with Crippen molar-refractivity contribution in [1.82, 2.24) is 5.43 Å². The number of nitrogens with one attached hydrogen (secondary N) is 1. The smallest absolute Gasteiger partial charge is 0.267 e. The summed E-state index contributed by atoms with van der Waals surface area (Å²) < 4.78 is 0. The van der Waals surface area contributed by atoms with Gasteiger partial charge < -0.3 is 0 Å². The van der Waals surface area contributed by atoms with Gasteiger partial charge in [-0.15, -0.1) is 0 Å². The van der Waals surface area contributed by atoms with Gasteiger partial charge in [-0.25, -0.2) is 5.43 Å². The van der Waals surface area contributed by atoms with Crippen LogP contribution in [0, 0.1) is 10.1 Å². The molecular formula is C15H19N3O3. The maximum absolute atomic E-state index is 12.0. The van der Waals surface area contributed by atoms with Crippen molar-refractivity contribution in [2.45, 2.75) is 44.9 Å². The molecule has 0 saturated heterocycles. The highest BCUT2D eigenvalue weighted by molar-refractivity contribution is 5.96. The SMILES string of the molecule is O=C(NN=C1CCCCCCC1)c1cccc([N+](=O)[O-])c1. The molecule has 21 heavy (non-hydrogen) atoms. The lowest BCUT2D eigenvalue weighted by Crippen LogP contribution is -2.20. The molecule has 0 spiro atoms. The van der Waals surface area contributed by atoms with Gasteiger partial charge in [-0.1, -0.05) is 25.3 Å². The van der Waals surface area contributed by atoms with Crippen LogP contribution < -0.4 is 5.43 Å². The third-order valence-corrected chi connectivity index (χ3v) is 3.57. The molecule has 1 N–H and O–H groups in total. The zero-order valence-electron chi connectivity index (χ0n) is 11.9. The van der Waals surface area contributed by atoms with E-state index in [0.29, 0.717) is 0 Å². The number of rotatable bonds is 3. The van der Waals surface area contributed by atoms with Crippen LogP contribution in [-0.4, -0.2) is 16.5 Å². The molecule has 2 rings (SSSR count). The van der Waals surface area contributed by atoms with E-state index in [9.17, 15) is 14.9 Å². The number of nitro benzene ring substituents is 1. The molecule has 1 aliphatic rings. The minimum Gasteiger partial charge on any atom is -0.267 e. The summed E-state index contributed by atoms with van der Waals surface area (Å²) in [6.07, 6.45) is 7.71. The molecule has 0 radical (unpaired) electrons. The maximum atomic E-state index is 12.0. The van der Waals surface area contributed by atoms with Crippen molar-refractivity contribution in [1.29, 1.82) is 0 Å². The largest absolute Gasteiger partial charge is 0.271 e. The third-order valence-electron chi connectivity index (χ3n) is 3.57. The van der Waals surface area contributed by atoms with Crippen molar-refractivity contribution in [3.63, 3.8) is 0 Å². The first-order valence-electron chi connectivity index (χ1n) is 7.27. The van der Waals surface area contributed by atoms with E-state index >= 15 is 0 Å². The minimum absolute atomic E-state index is 0.0961. The lowest BCUT2D eigenvalue weighted by Gasteiger charge is -2.10. The fourth-order valence-electron chi connectivity index (χ4n) is 2.38. The van der Waals surface area contributed by atoms with Crippen LogP contribution in [0.15, 0.2) is 29.4 Å². The molecule has 1 aromatic rings. The number of hydrogen-bond acceptors (Lipinski definition) is 4. The average molecular weight is 289 g/mol. The van der Waals surface area contributed by atoms with Gasteiger partial charge in [0.15, 0.2) is 0 Å². The van der Waals surface area contributed by atoms with E-state index in [4.69, 9.17) is 0 Å². The fourth-order valence-corrected chi connectivity index (χ4v) is 2.38. The number of hydrogen-bond donors (Lipinski definition) is 1. The van der Waals surface area contributed by atoms with Gasteiger partial charge in [0.1, 0.15) is 0 Å². The van der Waals surface area contributed by atoms with Crippen molar-refractivity contribution in [2.75, 3.05) is 0 Å². The summed E-state index contributed by atoms with van der Waals surface area (Å²) in [6.45, 7) is 0. The predicted octanol–water partition coefficient (Wildman–Crippen LogP) is 3.42. The number of nitrogens with zero attached hydrogens (tertiary/aromatic N) is 2. The van der Waals surface area contributed by atoms with E-state index in [2.05, 4.69) is 10.5 Å². The standard InChI is InChI=1S/C15H19N3O3/c19-15(12-7-6-10-14(11-12)18(20)21)17-16-13-8-4-2-1-3-5-9-13/h6-7,10-11H,1-5,8-9H2,(H,17,19). The Bertz CT molecular complexity index is 545. The van der Waals surface area contributed by atoms with Gasteiger partial charge in [0, 0.05) is 23.4 Å². The minimum atomic E-state index is -0.516. The second-order valence-corrected chi connectivity index (χ2v) is 5.19. The zero-order chi connectivity index (χ0) is 15.1. The molecule has 1 aromatic carbocycles. The number of nitro groups is 1. The van der Waals surface area contributed by atoms with Gasteiger partial charge in [-0.3, -0.25) is 14.9 Å². The first-order chi connectivity index (χ1) is 10.2. The highest BCUT2D eigenvalue weighted by Crippen LogP contribution is 2.15. The summed E-state index contributed by atoms with van der Waals surface area (Å²) >= 11 is 0. The first-order valence-corrected chi connectivity index (χ1v) is 7.27. The molecule has 0 aliphatic heterocycles. The van der Waals surface area contributed by atoms with Gasteiger partial charge >= 0.3 is 0 Å². The highest BCUT2D eigenvalue weighted by atomic mass is 16.6. The van der Waals surface area contributed by atoms with Crippen molar-refractivity contribution in [3.05, 3.63) is 39.9 Å². The van der Waals surface area contributed by atoms with Crippen LogP contribution in [0.1, 0.15) is 55.3 Å². The van der Waals surface area contributed by atoms with Crippen LogP contribution in [0.4, 0.5) is 5.69 Å². The van der Waals surface area contributed by atoms with E-state index in [1.807, 2.05) is 0 Å². The van der Waals surface area contributed by atoms with Crippen molar-refractivity contribution in [2.24, 2.45) is 5.10 Å². The normalized spacial score (nSPS) is 15.7. The van der Waals surface area contributed by atoms with Crippen LogP contribution in [0.25, 0.3) is 0 Å². The summed E-state index contributed by atoms with van der Waals surface area (Å²) in [6, 6.07) is 5.65. The Morgan fingerprint density at radius 1 is 1.14 bits per heavy atom. The topological polar surface area (TPSA) is 84.6 Å². The second kappa shape index (κ2) is 7.52. The number of hydrazone groups is 1. The Balaban J connectivity index is 2.00. The van der Waals surface area contributed by atoms with Gasteiger partial charge in [-0.2, -0.15) is 5.10 Å². The van der Waals surface area contributed by atoms with Gasteiger partial charge in [0.2, 0.25) is 0 Å². The first kappa shape index (κ1) is 15.2. The highest BCUT2D eigenvalue weighted by Gasteiger charge is 2.11. The van der Waals surface area contributed by atoms with Gasteiger partial charge in [-0.05, 0) is 31.7 Å². The number of carbonyl (C=O) groups excluding carboxylic acids is 1. The number of benzene rings is 1. The monoisotopic (exact) mass is 289 g/mol. The lowest BCUT2D eigenvalue weighted by molar-refractivity contribution is -0.384. The van der Waals surface area contributed by atoms with Crippen molar-refractivity contribution < 1.29 is 9.72 Å². The molecule has 112 valence electrons. The fraction of sp³-hybridized carbons (Fsp3) is 0.467. The molecule has 1 saturated carbocycles. The Morgan fingerprint density at radius 2 is 1.81 bits per heavy atom. The van der Waals surface area contributed by atoms with Crippen LogP contribution >= 0.6 is 0 Å². The summed E-state index contributed by atoms with van der Waals surface area (Å²) in [5, 5.41) is 14.9. The molecule has 1 fully saturated rings. The quantitative estimate of drug-likeness (QED) is 0.683. The molecule has 6 heteroatoms. The molecule has 6 nitrogen and oxygen atoms in total. The molecule has 0 atom stereocenters. The van der Waals surface area contributed by atoms with E-state index in [-0.39, 0.29) is 11.3 Å². The second-order valence-electron chi connectivity index (χ2n) is 5.19. The van der Waals surface area contributed by atoms with Crippen LogP contribution in [0.3, 0.4) is 0 Å². The van der Waals surface area contributed by atoms with E-state index in [1.54, 1.807) is 6.07 Å². The zero-order valence-corrected chi connectivity index (χ0v) is 11.9.